The van der Waals surface area contributed by atoms with Gasteiger partial charge in [0.1, 0.15) is 0 Å². The average Bonchev–Trinajstić information content (AvgIpc) is 3.35. The summed E-state index contributed by atoms with van der Waals surface area (Å²) in [5.74, 6) is 0.836. The molecule has 0 amide bonds. The van der Waals surface area contributed by atoms with Crippen molar-refractivity contribution < 1.29 is 25.1 Å². The Morgan fingerprint density at radius 1 is 0.771 bits per heavy atom. The van der Waals surface area contributed by atoms with Gasteiger partial charge in [-0.1, -0.05) is 0 Å². The summed E-state index contributed by atoms with van der Waals surface area (Å²) >= 11 is -5.00. The average molecular weight is 603 g/mol. The molecular weight excluding hydrogens is 571 g/mol. The third kappa shape index (κ3) is 4.10. The Bertz CT molecular complexity index is 1360. The fraction of sp³-hybridized carbons (Fsp3) is 0.276. The first-order valence-corrected chi connectivity index (χ1v) is 26.0. The van der Waals surface area contributed by atoms with Gasteiger partial charge in [-0.05, 0) is 0 Å². The van der Waals surface area contributed by atoms with Crippen LogP contribution in [0.2, 0.25) is 19.6 Å². The number of hydrogen-bond acceptors (Lipinski definition) is 2. The van der Waals surface area contributed by atoms with E-state index in [0.717, 1.165) is 20.1 Å². The van der Waals surface area contributed by atoms with Crippen LogP contribution in [0, 0.1) is 0 Å². The van der Waals surface area contributed by atoms with Gasteiger partial charge in [-0.2, -0.15) is 0 Å². The summed E-state index contributed by atoms with van der Waals surface area (Å²) in [6.45, 7) is 11.0. The molecule has 0 heterocycles. The first-order chi connectivity index (χ1) is 16.5. The fourth-order valence-corrected chi connectivity index (χ4v) is 23.0. The molecule has 0 aromatic heterocycles. The van der Waals surface area contributed by atoms with E-state index in [2.05, 4.69) is 112 Å². The van der Waals surface area contributed by atoms with Crippen LogP contribution in [0.25, 0.3) is 17.2 Å². The molecule has 0 aliphatic heterocycles. The predicted octanol–water partition coefficient (Wildman–Crippen LogP) is 8.89. The number of rotatable bonds is 6. The van der Waals surface area contributed by atoms with Crippen molar-refractivity contribution in [1.29, 1.82) is 0 Å². The number of benzene rings is 3. The SMILES string of the molecule is C[C](C)=[Zr]([Cl])([Cl])([CH]1C(OCO[Si](C)(C)C)=Cc2ccccc21)[CH]1c2ccccc2-c2ccccc21. The van der Waals surface area contributed by atoms with E-state index in [-0.39, 0.29) is 14.0 Å². The van der Waals surface area contributed by atoms with Crippen LogP contribution in [-0.4, -0.2) is 18.3 Å². The molecule has 0 N–H and O–H groups in total. The molecule has 5 rings (SSSR count). The standard InChI is InChI=1S/C13H17O2Si.C13H9.C3H6.2ClH.Zr/c1-16(2,3)15-10-14-13-8-11-6-4-5-7-12(11)9-13;1-3-7-12-10(5-1)9-11-6-2-4-8-13(11)12;1-3-2;;;/h4-9H,10H2,1-3H3;1-9H;1-2H3;2*1H;/q;;;;;+2/p-2. The van der Waals surface area contributed by atoms with Gasteiger partial charge in [0, 0.05) is 0 Å². The summed E-state index contributed by atoms with van der Waals surface area (Å²) in [5, 5.41) is 0. The fourth-order valence-electron chi connectivity index (χ4n) is 5.71. The second kappa shape index (κ2) is 8.92. The molecule has 0 fully saturated rings. The Hall–Kier alpha value is -1.29. The summed E-state index contributed by atoms with van der Waals surface area (Å²) in [6.07, 6.45) is 2.13. The molecular formula is C29H32Cl2O2SiZr. The van der Waals surface area contributed by atoms with Crippen LogP contribution in [0.3, 0.4) is 0 Å². The van der Waals surface area contributed by atoms with Crippen LogP contribution in [0.15, 0.2) is 78.6 Å². The third-order valence-electron chi connectivity index (χ3n) is 7.45. The molecule has 0 saturated heterocycles. The Balaban J connectivity index is 1.74. The molecule has 35 heavy (non-hydrogen) atoms. The molecule has 0 radical (unpaired) electrons. The predicted molar refractivity (Wildman–Crippen MR) is 149 cm³/mol. The molecule has 0 saturated carbocycles. The molecule has 0 spiro atoms. The number of ether oxygens (including phenoxy) is 1. The minimum absolute atomic E-state index is 0.0711. The van der Waals surface area contributed by atoms with Crippen LogP contribution in [-0.2, 0) is 25.1 Å². The van der Waals surface area contributed by atoms with Gasteiger partial charge in [0.25, 0.3) is 0 Å². The van der Waals surface area contributed by atoms with Gasteiger partial charge in [-0.25, -0.2) is 0 Å². The summed E-state index contributed by atoms with van der Waals surface area (Å²) in [6, 6.07) is 25.6. The maximum atomic E-state index is 8.17. The third-order valence-corrected chi connectivity index (χ3v) is 31.0. The quantitative estimate of drug-likeness (QED) is 0.207. The first-order valence-electron chi connectivity index (χ1n) is 12.2. The molecule has 0 bridgehead atoms. The Kier molecular flexibility index (Phi) is 6.47. The maximum absolute atomic E-state index is 8.17. The van der Waals surface area contributed by atoms with E-state index in [1.807, 2.05) is 0 Å². The topological polar surface area (TPSA) is 18.5 Å². The van der Waals surface area contributed by atoms with Crippen molar-refractivity contribution in [2.45, 2.75) is 40.7 Å². The number of allylic oxidation sites excluding steroid dienone is 1. The number of fused-ring (bicyclic) bond motifs is 4. The second-order valence-corrected chi connectivity index (χ2v) is 37.1. The van der Waals surface area contributed by atoms with Gasteiger partial charge >= 0.3 is 219 Å². The van der Waals surface area contributed by atoms with Gasteiger partial charge in [0.2, 0.25) is 0 Å². The van der Waals surface area contributed by atoms with Crippen molar-refractivity contribution in [1.82, 2.24) is 0 Å². The zero-order valence-electron chi connectivity index (χ0n) is 20.9. The normalized spacial score (nSPS) is 17.5. The van der Waals surface area contributed by atoms with E-state index in [0.29, 0.717) is 0 Å². The molecule has 3 aromatic carbocycles. The van der Waals surface area contributed by atoms with Crippen LogP contribution in [0.5, 0.6) is 0 Å². The summed E-state index contributed by atoms with van der Waals surface area (Å²) in [7, 11) is 14.6. The molecule has 2 aliphatic carbocycles. The van der Waals surface area contributed by atoms with Crippen LogP contribution >= 0.6 is 17.0 Å². The van der Waals surface area contributed by atoms with Gasteiger partial charge in [-0.15, -0.1) is 0 Å². The zero-order chi connectivity index (χ0) is 25.0. The van der Waals surface area contributed by atoms with Crippen molar-refractivity contribution in [3.63, 3.8) is 0 Å². The summed E-state index contributed by atoms with van der Waals surface area (Å²) in [5.41, 5.74) is 7.21. The van der Waals surface area contributed by atoms with Crippen LogP contribution in [0.4, 0.5) is 0 Å². The van der Waals surface area contributed by atoms with Gasteiger partial charge in [0.05, 0.1) is 0 Å². The Morgan fingerprint density at radius 2 is 1.29 bits per heavy atom. The summed E-state index contributed by atoms with van der Waals surface area (Å²) in [4.78, 5) is 0. The van der Waals surface area contributed by atoms with Gasteiger partial charge < -0.3 is 0 Å². The van der Waals surface area contributed by atoms with Gasteiger partial charge in [0.15, 0.2) is 0 Å². The molecule has 3 aromatic rings. The van der Waals surface area contributed by atoms with Crippen molar-refractivity contribution in [3.8, 4) is 11.1 Å². The van der Waals surface area contributed by atoms with E-state index in [1.54, 1.807) is 0 Å². The van der Waals surface area contributed by atoms with Gasteiger partial charge in [-0.3, -0.25) is 0 Å². The van der Waals surface area contributed by atoms with E-state index in [1.165, 1.54) is 22.3 Å². The molecule has 2 aliphatic rings. The van der Waals surface area contributed by atoms with E-state index >= 15 is 0 Å². The van der Waals surface area contributed by atoms with Crippen LogP contribution in [0.1, 0.15) is 43.4 Å². The molecule has 6 heteroatoms. The van der Waals surface area contributed by atoms with Crippen molar-refractivity contribution >= 4 is 34.6 Å². The van der Waals surface area contributed by atoms with Crippen molar-refractivity contribution in [3.05, 3.63) is 101 Å². The minimum atomic E-state index is -5.00. The van der Waals surface area contributed by atoms with E-state index in [9.17, 15) is 0 Å². The Labute approximate surface area is 217 Å². The van der Waals surface area contributed by atoms with Crippen molar-refractivity contribution in [2.24, 2.45) is 0 Å². The van der Waals surface area contributed by atoms with Crippen molar-refractivity contribution in [2.75, 3.05) is 6.79 Å². The molecule has 1 atom stereocenters. The molecule has 182 valence electrons. The first kappa shape index (κ1) is 25.4. The molecule has 1 unspecified atom stereocenters. The zero-order valence-corrected chi connectivity index (χ0v) is 25.9. The number of halogens is 2. The number of hydrogen-bond donors (Lipinski definition) is 0. The van der Waals surface area contributed by atoms with E-state index in [4.69, 9.17) is 26.2 Å². The summed E-state index contributed by atoms with van der Waals surface area (Å²) < 4.78 is 13.4. The van der Waals surface area contributed by atoms with E-state index < -0.39 is 24.2 Å². The Morgan fingerprint density at radius 3 is 1.83 bits per heavy atom. The molecule has 2 nitrogen and oxygen atoms in total. The second-order valence-electron chi connectivity index (χ2n) is 10.9. The monoisotopic (exact) mass is 600 g/mol. The van der Waals surface area contributed by atoms with Crippen LogP contribution < -0.4 is 0 Å².